The van der Waals surface area contributed by atoms with Crippen LogP contribution in [0.1, 0.15) is 33.1 Å². The zero-order chi connectivity index (χ0) is 18.9. The number of nitrogens with one attached hydrogen (secondary N) is 1. The Morgan fingerprint density at radius 1 is 1.11 bits per heavy atom. The van der Waals surface area contributed by atoms with Crippen LogP contribution >= 0.6 is 0 Å². The summed E-state index contributed by atoms with van der Waals surface area (Å²) >= 11 is 0. The van der Waals surface area contributed by atoms with Gasteiger partial charge in [0.2, 0.25) is 5.95 Å². The first-order valence-corrected chi connectivity index (χ1v) is 10.5. The summed E-state index contributed by atoms with van der Waals surface area (Å²) in [6.07, 6.45) is 7.30. The first-order valence-electron chi connectivity index (χ1n) is 10.5. The quantitative estimate of drug-likeness (QED) is 0.465. The zero-order valence-corrected chi connectivity index (χ0v) is 17.0. The summed E-state index contributed by atoms with van der Waals surface area (Å²) in [7, 11) is 0. The van der Waals surface area contributed by atoms with Crippen LogP contribution in [0.3, 0.4) is 0 Å². The molecule has 1 N–H and O–H groups in total. The molecule has 0 atom stereocenters. The van der Waals surface area contributed by atoms with Gasteiger partial charge in [-0.15, -0.1) is 0 Å². The number of hydrogen-bond acceptors (Lipinski definition) is 5. The number of likely N-dealkylation sites (tertiary alicyclic amines) is 1. The topological polar surface area (TPSA) is 59.9 Å². The second-order valence-corrected chi connectivity index (χ2v) is 7.64. The van der Waals surface area contributed by atoms with E-state index in [1.54, 1.807) is 0 Å². The highest BCUT2D eigenvalue weighted by molar-refractivity contribution is 5.80. The number of piperidine rings is 1. The van der Waals surface area contributed by atoms with Gasteiger partial charge < -0.3 is 15.1 Å². The van der Waals surface area contributed by atoms with Crippen LogP contribution in [0.5, 0.6) is 0 Å². The van der Waals surface area contributed by atoms with Gasteiger partial charge >= 0.3 is 0 Å². The summed E-state index contributed by atoms with van der Waals surface area (Å²) in [4.78, 5) is 20.8. The first-order chi connectivity index (χ1) is 13.3. The molecular formula is C20H35N7. The van der Waals surface area contributed by atoms with Crippen molar-refractivity contribution in [3.63, 3.8) is 0 Å². The van der Waals surface area contributed by atoms with E-state index in [1.807, 2.05) is 18.5 Å². The summed E-state index contributed by atoms with van der Waals surface area (Å²) < 4.78 is 0. The molecule has 2 aliphatic rings. The molecule has 0 bridgehead atoms. The molecule has 1 aromatic heterocycles. The smallest absolute Gasteiger partial charge is 0.225 e. The Balaban J connectivity index is 1.38. The standard InChI is InChI=1S/C20H35N7/c1-3-21-19(26-12-6-18(2)7-13-26)24-10-5-11-25-14-16-27(17-15-25)20-22-8-4-9-23-20/h4,8-9,18H,3,5-7,10-17H2,1-2H3,(H,21,24). The van der Waals surface area contributed by atoms with Crippen molar-refractivity contribution < 1.29 is 0 Å². The van der Waals surface area contributed by atoms with E-state index >= 15 is 0 Å². The second-order valence-electron chi connectivity index (χ2n) is 7.64. The van der Waals surface area contributed by atoms with Gasteiger partial charge in [0.1, 0.15) is 0 Å². The fraction of sp³-hybridized carbons (Fsp3) is 0.750. The Hall–Kier alpha value is -1.89. The molecule has 3 rings (SSSR count). The van der Waals surface area contributed by atoms with Gasteiger partial charge in [-0.05, 0) is 38.2 Å². The van der Waals surface area contributed by atoms with Crippen LogP contribution in [-0.4, -0.2) is 84.6 Å². The predicted octanol–water partition coefficient (Wildman–Crippen LogP) is 1.69. The van der Waals surface area contributed by atoms with E-state index in [-0.39, 0.29) is 0 Å². The SMILES string of the molecule is CCNC(=NCCCN1CCN(c2ncccn2)CC1)N1CCC(C)CC1. The number of aromatic nitrogens is 2. The van der Waals surface area contributed by atoms with Crippen molar-refractivity contribution in [1.29, 1.82) is 0 Å². The molecule has 2 aliphatic heterocycles. The fourth-order valence-electron chi connectivity index (χ4n) is 3.75. The Bertz CT molecular complexity index is 561. The number of anilines is 1. The molecule has 0 radical (unpaired) electrons. The molecule has 2 fully saturated rings. The zero-order valence-electron chi connectivity index (χ0n) is 17.0. The molecule has 0 amide bonds. The van der Waals surface area contributed by atoms with Crippen molar-refractivity contribution >= 4 is 11.9 Å². The fourth-order valence-corrected chi connectivity index (χ4v) is 3.75. The third kappa shape index (κ3) is 6.06. The molecule has 27 heavy (non-hydrogen) atoms. The maximum atomic E-state index is 4.88. The monoisotopic (exact) mass is 373 g/mol. The molecule has 0 saturated carbocycles. The lowest BCUT2D eigenvalue weighted by Gasteiger charge is -2.34. The van der Waals surface area contributed by atoms with Crippen molar-refractivity contribution in [2.75, 3.05) is 63.8 Å². The van der Waals surface area contributed by atoms with Gasteiger partial charge in [-0.2, -0.15) is 0 Å². The molecule has 7 heteroatoms. The third-order valence-corrected chi connectivity index (χ3v) is 5.52. The van der Waals surface area contributed by atoms with Gasteiger partial charge in [0.05, 0.1) is 0 Å². The number of guanidine groups is 1. The molecule has 7 nitrogen and oxygen atoms in total. The first kappa shape index (κ1) is 19.9. The highest BCUT2D eigenvalue weighted by atomic mass is 15.3. The minimum Gasteiger partial charge on any atom is -0.357 e. The van der Waals surface area contributed by atoms with Crippen LogP contribution in [0.25, 0.3) is 0 Å². The van der Waals surface area contributed by atoms with Crippen molar-refractivity contribution in [1.82, 2.24) is 25.1 Å². The van der Waals surface area contributed by atoms with Crippen molar-refractivity contribution in [3.8, 4) is 0 Å². The second kappa shape index (κ2) is 10.4. The van der Waals surface area contributed by atoms with Gasteiger partial charge in [-0.25, -0.2) is 9.97 Å². The molecule has 0 aromatic carbocycles. The minimum absolute atomic E-state index is 0.851. The van der Waals surface area contributed by atoms with Gasteiger partial charge in [0, 0.05) is 71.3 Å². The molecule has 0 aliphatic carbocycles. The van der Waals surface area contributed by atoms with Gasteiger partial charge in [-0.3, -0.25) is 9.89 Å². The highest BCUT2D eigenvalue weighted by Gasteiger charge is 2.19. The average Bonchev–Trinajstić information content (AvgIpc) is 2.72. The molecule has 0 unspecified atom stereocenters. The maximum absolute atomic E-state index is 4.88. The summed E-state index contributed by atoms with van der Waals surface area (Å²) in [5.41, 5.74) is 0. The van der Waals surface area contributed by atoms with E-state index in [1.165, 1.54) is 12.8 Å². The van der Waals surface area contributed by atoms with Crippen LogP contribution < -0.4 is 10.2 Å². The van der Waals surface area contributed by atoms with E-state index in [4.69, 9.17) is 4.99 Å². The van der Waals surface area contributed by atoms with Crippen LogP contribution in [0.4, 0.5) is 5.95 Å². The number of piperazine rings is 1. The largest absolute Gasteiger partial charge is 0.357 e. The Kier molecular flexibility index (Phi) is 7.68. The van der Waals surface area contributed by atoms with Gasteiger partial charge in [-0.1, -0.05) is 6.92 Å². The average molecular weight is 374 g/mol. The van der Waals surface area contributed by atoms with E-state index in [0.717, 1.165) is 83.1 Å². The van der Waals surface area contributed by atoms with E-state index in [0.29, 0.717) is 0 Å². The number of hydrogen-bond donors (Lipinski definition) is 1. The number of nitrogens with zero attached hydrogens (tertiary/aromatic N) is 6. The van der Waals surface area contributed by atoms with Crippen molar-refractivity contribution in [3.05, 3.63) is 18.5 Å². The maximum Gasteiger partial charge on any atom is 0.225 e. The lowest BCUT2D eigenvalue weighted by molar-refractivity contribution is 0.254. The van der Waals surface area contributed by atoms with E-state index in [9.17, 15) is 0 Å². The Morgan fingerprint density at radius 2 is 1.81 bits per heavy atom. The summed E-state index contributed by atoms with van der Waals surface area (Å²) in [6, 6.07) is 1.87. The molecule has 2 saturated heterocycles. The lowest BCUT2D eigenvalue weighted by Crippen LogP contribution is -2.47. The van der Waals surface area contributed by atoms with Crippen molar-refractivity contribution in [2.45, 2.75) is 33.1 Å². The van der Waals surface area contributed by atoms with Crippen LogP contribution in [0, 0.1) is 5.92 Å². The van der Waals surface area contributed by atoms with E-state index in [2.05, 4.69) is 43.8 Å². The summed E-state index contributed by atoms with van der Waals surface area (Å²) in [5.74, 6) is 2.81. The number of rotatable bonds is 6. The molecule has 150 valence electrons. The highest BCUT2D eigenvalue weighted by Crippen LogP contribution is 2.16. The number of aliphatic imine (C=N–C) groups is 1. The summed E-state index contributed by atoms with van der Waals surface area (Å²) in [6.45, 7) is 13.9. The van der Waals surface area contributed by atoms with Crippen LogP contribution in [0.15, 0.2) is 23.5 Å². The molecule has 0 spiro atoms. The Labute approximate surface area is 163 Å². The van der Waals surface area contributed by atoms with E-state index < -0.39 is 0 Å². The normalized spacial score (nSPS) is 20.1. The van der Waals surface area contributed by atoms with Crippen LogP contribution in [0.2, 0.25) is 0 Å². The predicted molar refractivity (Wildman–Crippen MR) is 111 cm³/mol. The third-order valence-electron chi connectivity index (χ3n) is 5.52. The minimum atomic E-state index is 0.851. The summed E-state index contributed by atoms with van der Waals surface area (Å²) in [5, 5.41) is 3.47. The lowest BCUT2D eigenvalue weighted by atomic mass is 10.00. The molecular weight excluding hydrogens is 338 g/mol. The van der Waals surface area contributed by atoms with Crippen molar-refractivity contribution in [2.24, 2.45) is 10.9 Å². The molecule has 3 heterocycles. The molecule has 1 aromatic rings. The Morgan fingerprint density at radius 3 is 2.48 bits per heavy atom. The van der Waals surface area contributed by atoms with Gasteiger partial charge in [0.15, 0.2) is 5.96 Å². The van der Waals surface area contributed by atoms with Gasteiger partial charge in [0.25, 0.3) is 0 Å². The van der Waals surface area contributed by atoms with Crippen LogP contribution in [-0.2, 0) is 0 Å².